The lowest BCUT2D eigenvalue weighted by Gasteiger charge is -2.23. The number of rotatable bonds is 7. The summed E-state index contributed by atoms with van der Waals surface area (Å²) in [6, 6.07) is 30.4. The second kappa shape index (κ2) is 9.15. The van der Waals surface area contributed by atoms with Gasteiger partial charge in [-0.15, -0.1) is 0 Å². The maximum atomic E-state index is 12.9. The van der Waals surface area contributed by atoms with Gasteiger partial charge in [0, 0.05) is 5.56 Å². The first-order valence-corrected chi connectivity index (χ1v) is 9.45. The highest BCUT2D eigenvalue weighted by molar-refractivity contribution is 5.80. The molecule has 138 valence electrons. The molecule has 1 amide bonds. The number of carbonyl (C=O) groups excluding carboxylic acids is 1. The molecule has 0 radical (unpaired) electrons. The summed E-state index contributed by atoms with van der Waals surface area (Å²) in [6.45, 7) is 4.09. The van der Waals surface area contributed by atoms with Crippen molar-refractivity contribution < 1.29 is 10.1 Å². The molecule has 0 saturated heterocycles. The molecular formula is C24H27N2O+. The summed E-state index contributed by atoms with van der Waals surface area (Å²) in [5, 5.41) is 5.34. The molecule has 0 aliphatic carbocycles. The molecule has 27 heavy (non-hydrogen) atoms. The molecule has 0 aliphatic rings. The Morgan fingerprint density at radius 1 is 0.704 bits per heavy atom. The van der Waals surface area contributed by atoms with Gasteiger partial charge in [-0.05, 0) is 25.0 Å². The van der Waals surface area contributed by atoms with Crippen LogP contribution in [0.1, 0.15) is 42.6 Å². The topological polar surface area (TPSA) is 45.7 Å². The van der Waals surface area contributed by atoms with Crippen LogP contribution in [0.5, 0.6) is 0 Å². The van der Waals surface area contributed by atoms with Gasteiger partial charge in [0.25, 0.3) is 5.91 Å². The summed E-state index contributed by atoms with van der Waals surface area (Å²) in [6.07, 6.45) is 0. The monoisotopic (exact) mass is 359 g/mol. The summed E-state index contributed by atoms with van der Waals surface area (Å²) in [5.41, 5.74) is 3.39. The standard InChI is InChI=1S/C24H26N2O/c1-18(20-12-6-3-7-13-20)25-19(2)24(27)26-23(21-14-8-4-9-15-21)22-16-10-5-11-17-22/h3-19,23,25H,1-2H3,(H,26,27)/p+1/t18-,19-/m0/s1. The van der Waals surface area contributed by atoms with Crippen molar-refractivity contribution in [2.24, 2.45) is 0 Å². The van der Waals surface area contributed by atoms with Gasteiger partial charge in [0.1, 0.15) is 6.04 Å². The molecule has 0 heterocycles. The number of carbonyl (C=O) groups is 1. The van der Waals surface area contributed by atoms with Gasteiger partial charge >= 0.3 is 0 Å². The normalized spacial score (nSPS) is 13.1. The van der Waals surface area contributed by atoms with Crippen LogP contribution in [0.4, 0.5) is 0 Å². The molecule has 3 heteroatoms. The zero-order chi connectivity index (χ0) is 19.1. The summed E-state index contributed by atoms with van der Waals surface area (Å²) in [7, 11) is 0. The summed E-state index contributed by atoms with van der Waals surface area (Å²) in [4.78, 5) is 12.9. The van der Waals surface area contributed by atoms with E-state index in [-0.39, 0.29) is 24.0 Å². The predicted molar refractivity (Wildman–Crippen MR) is 109 cm³/mol. The second-order valence-corrected chi connectivity index (χ2v) is 6.94. The number of hydrogen-bond acceptors (Lipinski definition) is 1. The number of hydrogen-bond donors (Lipinski definition) is 2. The lowest BCUT2D eigenvalue weighted by Crippen LogP contribution is -2.92. The maximum absolute atomic E-state index is 12.9. The fraction of sp³-hybridized carbons (Fsp3) is 0.208. The molecule has 0 unspecified atom stereocenters. The fourth-order valence-electron chi connectivity index (χ4n) is 3.31. The lowest BCUT2D eigenvalue weighted by molar-refractivity contribution is -0.710. The number of nitrogens with one attached hydrogen (secondary N) is 1. The predicted octanol–water partition coefficient (Wildman–Crippen LogP) is 3.61. The number of amides is 1. The van der Waals surface area contributed by atoms with E-state index in [1.54, 1.807) is 0 Å². The molecule has 3 N–H and O–H groups in total. The minimum absolute atomic E-state index is 0.0375. The molecule has 0 aromatic heterocycles. The van der Waals surface area contributed by atoms with Crippen molar-refractivity contribution in [3.05, 3.63) is 108 Å². The Morgan fingerprint density at radius 2 is 1.11 bits per heavy atom. The van der Waals surface area contributed by atoms with Crippen LogP contribution in [0.25, 0.3) is 0 Å². The Balaban J connectivity index is 1.72. The average molecular weight is 359 g/mol. The van der Waals surface area contributed by atoms with Gasteiger partial charge in [0.15, 0.2) is 6.04 Å². The van der Waals surface area contributed by atoms with E-state index in [0.29, 0.717) is 0 Å². The van der Waals surface area contributed by atoms with Crippen molar-refractivity contribution in [3.63, 3.8) is 0 Å². The summed E-state index contributed by atoms with van der Waals surface area (Å²) < 4.78 is 0. The molecule has 3 aromatic rings. The molecule has 0 bridgehead atoms. The summed E-state index contributed by atoms with van der Waals surface area (Å²) >= 11 is 0. The van der Waals surface area contributed by atoms with Crippen molar-refractivity contribution in [1.82, 2.24) is 5.32 Å². The van der Waals surface area contributed by atoms with Crippen molar-refractivity contribution >= 4 is 5.91 Å². The minimum atomic E-state index is -0.185. The van der Waals surface area contributed by atoms with Crippen molar-refractivity contribution in [3.8, 4) is 0 Å². The van der Waals surface area contributed by atoms with Crippen LogP contribution in [-0.4, -0.2) is 11.9 Å². The van der Waals surface area contributed by atoms with E-state index in [2.05, 4.69) is 54.0 Å². The van der Waals surface area contributed by atoms with Crippen molar-refractivity contribution in [2.45, 2.75) is 32.0 Å². The highest BCUT2D eigenvalue weighted by Crippen LogP contribution is 2.21. The van der Waals surface area contributed by atoms with Gasteiger partial charge in [-0.25, -0.2) is 0 Å². The first-order valence-electron chi connectivity index (χ1n) is 9.45. The van der Waals surface area contributed by atoms with E-state index in [4.69, 9.17) is 0 Å². The molecule has 3 aromatic carbocycles. The third-order valence-electron chi connectivity index (χ3n) is 4.87. The van der Waals surface area contributed by atoms with Gasteiger partial charge in [0.2, 0.25) is 0 Å². The van der Waals surface area contributed by atoms with Gasteiger partial charge in [0.05, 0.1) is 6.04 Å². The molecule has 0 fully saturated rings. The molecule has 0 aliphatic heterocycles. The highest BCUT2D eigenvalue weighted by atomic mass is 16.2. The minimum Gasteiger partial charge on any atom is -0.340 e. The van der Waals surface area contributed by atoms with Crippen LogP contribution in [-0.2, 0) is 4.79 Å². The zero-order valence-corrected chi connectivity index (χ0v) is 15.9. The zero-order valence-electron chi connectivity index (χ0n) is 15.9. The Labute approximate surface area is 161 Å². The molecule has 2 atom stereocenters. The smallest absolute Gasteiger partial charge is 0.278 e. The molecule has 3 nitrogen and oxygen atoms in total. The Hall–Kier alpha value is -2.91. The van der Waals surface area contributed by atoms with Crippen LogP contribution in [0, 0.1) is 0 Å². The third-order valence-corrected chi connectivity index (χ3v) is 4.87. The molecule has 0 saturated carbocycles. The van der Waals surface area contributed by atoms with E-state index in [0.717, 1.165) is 11.1 Å². The number of nitrogens with two attached hydrogens (primary N) is 1. The van der Waals surface area contributed by atoms with Crippen molar-refractivity contribution in [1.29, 1.82) is 0 Å². The Bertz CT molecular complexity index is 795. The average Bonchev–Trinajstić information content (AvgIpc) is 2.73. The largest absolute Gasteiger partial charge is 0.340 e. The van der Waals surface area contributed by atoms with Crippen molar-refractivity contribution in [2.75, 3.05) is 0 Å². The van der Waals surface area contributed by atoms with E-state index < -0.39 is 0 Å². The quantitative estimate of drug-likeness (QED) is 0.665. The van der Waals surface area contributed by atoms with Crippen LogP contribution in [0.3, 0.4) is 0 Å². The summed E-state index contributed by atoms with van der Waals surface area (Å²) in [5.74, 6) is 0.0375. The van der Waals surface area contributed by atoms with E-state index >= 15 is 0 Å². The Morgan fingerprint density at radius 3 is 1.56 bits per heavy atom. The van der Waals surface area contributed by atoms with E-state index in [1.165, 1.54) is 5.56 Å². The molecular weight excluding hydrogens is 332 g/mol. The second-order valence-electron chi connectivity index (χ2n) is 6.94. The Kier molecular flexibility index (Phi) is 6.39. The van der Waals surface area contributed by atoms with Crippen LogP contribution < -0.4 is 10.6 Å². The van der Waals surface area contributed by atoms with Crippen LogP contribution in [0.2, 0.25) is 0 Å². The number of quaternary nitrogens is 1. The van der Waals surface area contributed by atoms with E-state index in [9.17, 15) is 4.79 Å². The van der Waals surface area contributed by atoms with E-state index in [1.807, 2.05) is 61.5 Å². The van der Waals surface area contributed by atoms with Gasteiger partial charge in [-0.2, -0.15) is 0 Å². The van der Waals surface area contributed by atoms with Gasteiger partial charge in [-0.3, -0.25) is 4.79 Å². The SMILES string of the molecule is C[C@H]([NH2+][C@@H](C)c1ccccc1)C(=O)NC(c1ccccc1)c1ccccc1. The van der Waals surface area contributed by atoms with Crippen LogP contribution in [0.15, 0.2) is 91.0 Å². The van der Waals surface area contributed by atoms with Gasteiger partial charge < -0.3 is 10.6 Å². The maximum Gasteiger partial charge on any atom is 0.278 e. The first-order chi connectivity index (χ1) is 13.1. The first kappa shape index (κ1) is 18.9. The third kappa shape index (κ3) is 5.05. The number of benzene rings is 3. The molecule has 3 rings (SSSR count). The van der Waals surface area contributed by atoms with Gasteiger partial charge in [-0.1, -0.05) is 91.0 Å². The fourth-order valence-corrected chi connectivity index (χ4v) is 3.31. The lowest BCUT2D eigenvalue weighted by atomic mass is 9.98. The van der Waals surface area contributed by atoms with Crippen LogP contribution >= 0.6 is 0 Å². The highest BCUT2D eigenvalue weighted by Gasteiger charge is 2.24. The molecule has 0 spiro atoms.